The zero-order chi connectivity index (χ0) is 62.9. The molecule has 17 nitrogen and oxygen atoms in total. The van der Waals surface area contributed by atoms with E-state index in [0.717, 1.165) is 102 Å². The van der Waals surface area contributed by atoms with E-state index >= 15 is 0 Å². The van der Waals surface area contributed by atoms with E-state index in [1.165, 1.54) is 141 Å². The monoisotopic (exact) mass is 1250 g/mol. The molecule has 504 valence electrons. The third-order valence-corrected chi connectivity index (χ3v) is 17.1. The maximum atomic E-state index is 13.0. The average molecular weight is 1260 g/mol. The third kappa shape index (κ3) is 60.7. The Balaban J connectivity index is 5.24. The summed E-state index contributed by atoms with van der Waals surface area (Å²) in [6, 6.07) is 0. The number of phosphoric ester groups is 2. The molecule has 0 aromatic rings. The van der Waals surface area contributed by atoms with E-state index in [9.17, 15) is 43.2 Å². The lowest BCUT2D eigenvalue weighted by Crippen LogP contribution is -2.30. The zero-order valence-electron chi connectivity index (χ0n) is 54.9. The van der Waals surface area contributed by atoms with Crippen molar-refractivity contribution in [1.82, 2.24) is 0 Å². The minimum Gasteiger partial charge on any atom is -0.462 e. The molecule has 0 fully saturated rings. The summed E-state index contributed by atoms with van der Waals surface area (Å²) in [7, 11) is -9.89. The first kappa shape index (κ1) is 83.1. The van der Waals surface area contributed by atoms with Gasteiger partial charge >= 0.3 is 39.5 Å². The quantitative estimate of drug-likeness (QED) is 0.0222. The van der Waals surface area contributed by atoms with Crippen LogP contribution in [0.15, 0.2) is 0 Å². The number of rotatable bonds is 65. The molecular weight excluding hydrogens is 1130 g/mol. The summed E-state index contributed by atoms with van der Waals surface area (Å²) in [5.41, 5.74) is 0. The summed E-state index contributed by atoms with van der Waals surface area (Å²) in [4.78, 5) is 72.3. The van der Waals surface area contributed by atoms with Gasteiger partial charge in [0.1, 0.15) is 19.3 Å². The van der Waals surface area contributed by atoms with Gasteiger partial charge in [-0.1, -0.05) is 279 Å². The smallest absolute Gasteiger partial charge is 0.462 e. The molecule has 0 aliphatic heterocycles. The highest BCUT2D eigenvalue weighted by Gasteiger charge is 2.30. The van der Waals surface area contributed by atoms with Crippen LogP contribution in [0.25, 0.3) is 0 Å². The molecule has 5 atom stereocenters. The van der Waals surface area contributed by atoms with Crippen LogP contribution in [0.2, 0.25) is 0 Å². The second-order valence-electron chi connectivity index (χ2n) is 24.8. The standard InChI is InChI=1S/C66H128O17P2/c1-7-9-11-13-15-17-19-21-25-29-36-42-48-63(68)76-54-61(82-66(71)51-45-39-31-27-23-24-28-34-40-46-58(3)4)56-80-84(72,73)78-52-60(67)53-79-85(74,75)81-57-62(55-77-64(69)49-43-37-33-32-35-41-47-59(5)6)83-65(70)50-44-38-30-26-22-20-18-16-14-12-10-8-2/h58-62,67H,7-57H2,1-6H3,(H,72,73)(H,74,75)/t60-,61-,62-/m1/s1. The molecule has 0 radical (unpaired) electrons. The Kier molecular flexibility index (Phi) is 57.1. The molecule has 3 N–H and O–H groups in total. The maximum absolute atomic E-state index is 13.0. The fourth-order valence-electron chi connectivity index (χ4n) is 9.88. The van der Waals surface area contributed by atoms with Crippen molar-refractivity contribution in [2.75, 3.05) is 39.6 Å². The van der Waals surface area contributed by atoms with E-state index in [-0.39, 0.29) is 25.7 Å². The van der Waals surface area contributed by atoms with Gasteiger partial charge in [-0.2, -0.15) is 0 Å². The van der Waals surface area contributed by atoms with Crippen molar-refractivity contribution < 1.29 is 80.2 Å². The van der Waals surface area contributed by atoms with Crippen molar-refractivity contribution in [3.05, 3.63) is 0 Å². The maximum Gasteiger partial charge on any atom is 0.472 e. The molecule has 85 heavy (non-hydrogen) atoms. The van der Waals surface area contributed by atoms with Crippen LogP contribution in [-0.4, -0.2) is 96.7 Å². The summed E-state index contributed by atoms with van der Waals surface area (Å²) >= 11 is 0. The minimum atomic E-state index is -4.95. The molecule has 0 bridgehead atoms. The Morgan fingerprint density at radius 2 is 0.541 bits per heavy atom. The Morgan fingerprint density at radius 3 is 0.800 bits per heavy atom. The molecule has 0 saturated carbocycles. The molecular formula is C66H128O17P2. The zero-order valence-corrected chi connectivity index (χ0v) is 56.7. The van der Waals surface area contributed by atoms with E-state index in [1.807, 2.05) is 0 Å². The Hall–Kier alpha value is -1.94. The van der Waals surface area contributed by atoms with E-state index in [1.54, 1.807) is 0 Å². The van der Waals surface area contributed by atoms with Gasteiger partial charge in [0.2, 0.25) is 0 Å². The number of esters is 4. The fourth-order valence-corrected chi connectivity index (χ4v) is 11.5. The van der Waals surface area contributed by atoms with Crippen molar-refractivity contribution in [2.24, 2.45) is 11.8 Å². The summed E-state index contributed by atoms with van der Waals surface area (Å²) in [5.74, 6) is -0.715. The average Bonchev–Trinajstić information content (AvgIpc) is 3.58. The molecule has 0 aromatic heterocycles. The lowest BCUT2D eigenvalue weighted by Gasteiger charge is -2.21. The number of carbonyl (C=O) groups is 4. The van der Waals surface area contributed by atoms with Crippen LogP contribution in [0.5, 0.6) is 0 Å². The Bertz CT molecular complexity index is 1670. The van der Waals surface area contributed by atoms with E-state index < -0.39 is 97.5 Å². The van der Waals surface area contributed by atoms with Crippen LogP contribution >= 0.6 is 15.6 Å². The summed E-state index contributed by atoms with van der Waals surface area (Å²) in [5, 5.41) is 10.5. The molecule has 19 heteroatoms. The van der Waals surface area contributed by atoms with Gasteiger partial charge in [0.25, 0.3) is 0 Å². The molecule has 2 unspecified atom stereocenters. The van der Waals surface area contributed by atoms with Crippen molar-refractivity contribution in [3.8, 4) is 0 Å². The van der Waals surface area contributed by atoms with Crippen LogP contribution in [0.1, 0.15) is 330 Å². The first-order chi connectivity index (χ1) is 40.9. The van der Waals surface area contributed by atoms with Crippen molar-refractivity contribution in [2.45, 2.75) is 349 Å². The molecule has 0 saturated heterocycles. The molecule has 0 aliphatic carbocycles. The number of aliphatic hydroxyl groups excluding tert-OH is 1. The highest BCUT2D eigenvalue weighted by molar-refractivity contribution is 7.47. The first-order valence-electron chi connectivity index (χ1n) is 34.5. The molecule has 0 spiro atoms. The highest BCUT2D eigenvalue weighted by atomic mass is 31.2. The predicted molar refractivity (Wildman–Crippen MR) is 340 cm³/mol. The van der Waals surface area contributed by atoms with Crippen molar-refractivity contribution in [3.63, 3.8) is 0 Å². The number of carbonyl (C=O) groups excluding carboxylic acids is 4. The van der Waals surface area contributed by atoms with Gasteiger partial charge in [-0.05, 0) is 37.5 Å². The topological polar surface area (TPSA) is 237 Å². The third-order valence-electron chi connectivity index (χ3n) is 15.2. The van der Waals surface area contributed by atoms with Crippen LogP contribution < -0.4 is 0 Å². The highest BCUT2D eigenvalue weighted by Crippen LogP contribution is 2.45. The van der Waals surface area contributed by atoms with E-state index in [2.05, 4.69) is 41.5 Å². The molecule has 0 rings (SSSR count). The van der Waals surface area contributed by atoms with E-state index in [4.69, 9.17) is 37.0 Å². The lowest BCUT2D eigenvalue weighted by atomic mass is 10.0. The number of hydrogen-bond acceptors (Lipinski definition) is 15. The van der Waals surface area contributed by atoms with Crippen LogP contribution in [-0.2, 0) is 65.4 Å². The van der Waals surface area contributed by atoms with E-state index in [0.29, 0.717) is 31.6 Å². The number of aliphatic hydroxyl groups is 1. The van der Waals surface area contributed by atoms with Gasteiger partial charge in [0, 0.05) is 25.7 Å². The molecule has 0 aliphatic rings. The SMILES string of the molecule is CCCCCCCCCCCCCCC(=O)OC[C@H](COP(=O)(O)OC[C@@H](O)COP(=O)(O)OC[C@@H](COC(=O)CCCCCCCCC(C)C)OC(=O)CCCCCCCCCCCCCC)OC(=O)CCCCCCCCCCCC(C)C. The summed E-state index contributed by atoms with van der Waals surface area (Å²) in [6.07, 6.45) is 41.7. The van der Waals surface area contributed by atoms with Gasteiger partial charge in [-0.3, -0.25) is 37.3 Å². The minimum absolute atomic E-state index is 0.105. The number of unbranched alkanes of at least 4 members (excludes halogenated alkanes) is 35. The first-order valence-corrected chi connectivity index (χ1v) is 37.5. The normalized spacial score (nSPS) is 14.2. The number of hydrogen-bond donors (Lipinski definition) is 3. The Labute approximate surface area is 517 Å². The molecule has 0 heterocycles. The van der Waals surface area contributed by atoms with Crippen molar-refractivity contribution in [1.29, 1.82) is 0 Å². The second-order valence-corrected chi connectivity index (χ2v) is 27.7. The van der Waals surface area contributed by atoms with Crippen LogP contribution in [0.4, 0.5) is 0 Å². The summed E-state index contributed by atoms with van der Waals surface area (Å²) in [6.45, 7) is 9.41. The van der Waals surface area contributed by atoms with Crippen LogP contribution in [0, 0.1) is 11.8 Å². The predicted octanol–water partition coefficient (Wildman–Crippen LogP) is 18.4. The lowest BCUT2D eigenvalue weighted by molar-refractivity contribution is -0.161. The largest absolute Gasteiger partial charge is 0.472 e. The van der Waals surface area contributed by atoms with Gasteiger partial charge in [-0.25, -0.2) is 9.13 Å². The fraction of sp³-hybridized carbons (Fsp3) is 0.939. The molecule has 0 amide bonds. The van der Waals surface area contributed by atoms with Gasteiger partial charge in [-0.15, -0.1) is 0 Å². The van der Waals surface area contributed by atoms with Gasteiger partial charge in [0.15, 0.2) is 12.2 Å². The van der Waals surface area contributed by atoms with Gasteiger partial charge < -0.3 is 33.8 Å². The van der Waals surface area contributed by atoms with Crippen LogP contribution in [0.3, 0.4) is 0 Å². The molecule has 0 aromatic carbocycles. The number of phosphoric acid groups is 2. The van der Waals surface area contributed by atoms with Gasteiger partial charge in [0.05, 0.1) is 26.4 Å². The second kappa shape index (κ2) is 58.4. The Morgan fingerprint density at radius 1 is 0.318 bits per heavy atom. The van der Waals surface area contributed by atoms with Crippen molar-refractivity contribution >= 4 is 39.5 Å². The summed E-state index contributed by atoms with van der Waals surface area (Å²) < 4.78 is 68.1. The number of ether oxygens (including phenoxy) is 4.